The van der Waals surface area contributed by atoms with Gasteiger partial charge in [0.2, 0.25) is 0 Å². The van der Waals surface area contributed by atoms with E-state index in [1.807, 2.05) is 36.4 Å². The molecule has 27 heavy (non-hydrogen) atoms. The predicted molar refractivity (Wildman–Crippen MR) is 105 cm³/mol. The third-order valence-corrected chi connectivity index (χ3v) is 6.02. The van der Waals surface area contributed by atoms with Crippen LogP contribution in [0.5, 0.6) is 11.5 Å². The van der Waals surface area contributed by atoms with E-state index in [0.29, 0.717) is 0 Å². The second kappa shape index (κ2) is 7.61. The van der Waals surface area contributed by atoms with E-state index in [0.717, 1.165) is 47.6 Å². The van der Waals surface area contributed by atoms with Gasteiger partial charge in [0.05, 0.1) is 19.9 Å². The van der Waals surface area contributed by atoms with E-state index in [4.69, 9.17) is 9.47 Å². The Kier molecular flexibility index (Phi) is 5.03. The van der Waals surface area contributed by atoms with Crippen LogP contribution in [0.2, 0.25) is 0 Å². The lowest BCUT2D eigenvalue weighted by Crippen LogP contribution is -2.50. The van der Waals surface area contributed by atoms with Gasteiger partial charge in [0.1, 0.15) is 11.5 Å². The van der Waals surface area contributed by atoms with Gasteiger partial charge in [-0.2, -0.15) is 0 Å². The minimum atomic E-state index is 0.0264. The Labute approximate surface area is 160 Å². The quantitative estimate of drug-likeness (QED) is 0.624. The first kappa shape index (κ1) is 17.9. The summed E-state index contributed by atoms with van der Waals surface area (Å²) >= 11 is 0. The standard InChI is InChI=1S/C22H26N2O3/c1-26-18-12-5-3-8-14(18)20-16-10-7-11-17(22(16)24-25)21(23-20)15-9-4-6-13-19(15)27-2/h3-6,8-9,12-13,16-17,20-21,23,25H,7,10-11H2,1-2H3. The zero-order valence-corrected chi connectivity index (χ0v) is 15.8. The van der Waals surface area contributed by atoms with Gasteiger partial charge in [-0.3, -0.25) is 0 Å². The molecule has 1 saturated carbocycles. The summed E-state index contributed by atoms with van der Waals surface area (Å²) in [6.07, 6.45) is 3.13. The SMILES string of the molecule is COc1ccccc1C1NC(c2ccccc2OC)C2CCCC1C2=NO. The van der Waals surface area contributed by atoms with Crippen molar-refractivity contribution in [1.82, 2.24) is 5.32 Å². The molecule has 5 nitrogen and oxygen atoms in total. The first-order chi connectivity index (χ1) is 13.3. The Morgan fingerprint density at radius 2 is 1.33 bits per heavy atom. The average Bonchev–Trinajstić information content (AvgIpc) is 2.73. The molecule has 1 heterocycles. The molecule has 0 spiro atoms. The molecule has 1 aliphatic carbocycles. The fourth-order valence-electron chi connectivity index (χ4n) is 4.84. The highest BCUT2D eigenvalue weighted by Gasteiger charge is 2.46. The number of rotatable bonds is 4. The van der Waals surface area contributed by atoms with Gasteiger partial charge in [-0.25, -0.2) is 0 Å². The minimum absolute atomic E-state index is 0.0264. The number of hydrogen-bond donors (Lipinski definition) is 2. The van der Waals surface area contributed by atoms with Crippen LogP contribution in [0.4, 0.5) is 0 Å². The second-order valence-electron chi connectivity index (χ2n) is 7.27. The maximum atomic E-state index is 9.88. The van der Waals surface area contributed by atoms with Gasteiger partial charge < -0.3 is 20.0 Å². The zero-order chi connectivity index (χ0) is 18.8. The molecule has 142 valence electrons. The zero-order valence-electron chi connectivity index (χ0n) is 15.8. The van der Waals surface area contributed by atoms with Gasteiger partial charge >= 0.3 is 0 Å². The van der Waals surface area contributed by atoms with Crippen LogP contribution in [0.25, 0.3) is 0 Å². The molecule has 0 radical (unpaired) electrons. The van der Waals surface area contributed by atoms with Crippen molar-refractivity contribution < 1.29 is 14.7 Å². The third kappa shape index (κ3) is 3.06. The molecule has 1 saturated heterocycles. The van der Waals surface area contributed by atoms with Crippen LogP contribution in [0.1, 0.15) is 42.5 Å². The lowest BCUT2D eigenvalue weighted by molar-refractivity contribution is 0.209. The molecule has 5 heteroatoms. The van der Waals surface area contributed by atoms with Gasteiger partial charge in [-0.1, -0.05) is 48.0 Å². The molecule has 4 rings (SSSR count). The molecular weight excluding hydrogens is 340 g/mol. The third-order valence-electron chi connectivity index (χ3n) is 6.02. The number of nitrogens with zero attached hydrogens (tertiary/aromatic N) is 1. The number of nitrogens with one attached hydrogen (secondary N) is 1. The highest BCUT2D eigenvalue weighted by Crippen LogP contribution is 2.49. The van der Waals surface area contributed by atoms with Crippen molar-refractivity contribution in [3.8, 4) is 11.5 Å². The Bertz CT molecular complexity index is 772. The fourth-order valence-corrected chi connectivity index (χ4v) is 4.84. The summed E-state index contributed by atoms with van der Waals surface area (Å²) in [6, 6.07) is 16.2. The molecular formula is C22H26N2O3. The smallest absolute Gasteiger partial charge is 0.123 e. The van der Waals surface area contributed by atoms with Crippen molar-refractivity contribution >= 4 is 5.71 Å². The van der Waals surface area contributed by atoms with E-state index in [1.165, 1.54) is 0 Å². The van der Waals surface area contributed by atoms with E-state index in [2.05, 4.69) is 22.6 Å². The molecule has 4 atom stereocenters. The number of oxime groups is 1. The summed E-state index contributed by atoms with van der Waals surface area (Å²) in [5.41, 5.74) is 3.10. The van der Waals surface area contributed by atoms with Gasteiger partial charge in [0.25, 0.3) is 0 Å². The summed E-state index contributed by atoms with van der Waals surface area (Å²) in [5.74, 6) is 2.04. The van der Waals surface area contributed by atoms with Crippen molar-refractivity contribution in [1.29, 1.82) is 0 Å². The van der Waals surface area contributed by atoms with Crippen LogP contribution in [0.3, 0.4) is 0 Å². The monoisotopic (exact) mass is 366 g/mol. The number of para-hydroxylation sites is 2. The van der Waals surface area contributed by atoms with Crippen molar-refractivity contribution in [2.45, 2.75) is 31.3 Å². The number of methoxy groups -OCH3 is 2. The first-order valence-corrected chi connectivity index (χ1v) is 9.52. The molecule has 4 unspecified atom stereocenters. The largest absolute Gasteiger partial charge is 0.496 e. The van der Waals surface area contributed by atoms with Crippen molar-refractivity contribution in [2.24, 2.45) is 17.0 Å². The molecule has 1 aliphatic heterocycles. The summed E-state index contributed by atoms with van der Waals surface area (Å²) in [5, 5.41) is 17.5. The summed E-state index contributed by atoms with van der Waals surface area (Å²) in [6.45, 7) is 0. The van der Waals surface area contributed by atoms with E-state index < -0.39 is 0 Å². The summed E-state index contributed by atoms with van der Waals surface area (Å²) in [4.78, 5) is 0. The van der Waals surface area contributed by atoms with Crippen LogP contribution in [-0.2, 0) is 0 Å². The molecule has 2 aromatic carbocycles. The molecule has 0 amide bonds. The maximum absolute atomic E-state index is 9.88. The lowest BCUT2D eigenvalue weighted by atomic mass is 9.66. The number of fused-ring (bicyclic) bond motifs is 2. The maximum Gasteiger partial charge on any atom is 0.123 e. The van der Waals surface area contributed by atoms with Crippen LogP contribution in [0.15, 0.2) is 53.7 Å². The van der Waals surface area contributed by atoms with Crippen LogP contribution in [0, 0.1) is 11.8 Å². The highest BCUT2D eigenvalue weighted by atomic mass is 16.5. The predicted octanol–water partition coefficient (Wildman–Crippen LogP) is 4.34. The lowest BCUT2D eigenvalue weighted by Gasteiger charge is -2.47. The Hall–Kier alpha value is -2.53. The topological polar surface area (TPSA) is 63.1 Å². The molecule has 2 fully saturated rings. The van der Waals surface area contributed by atoms with E-state index >= 15 is 0 Å². The normalized spacial score (nSPS) is 27.1. The van der Waals surface area contributed by atoms with E-state index in [9.17, 15) is 5.21 Å². The Balaban J connectivity index is 1.81. The molecule has 2 aliphatic rings. The molecule has 2 bridgehead atoms. The van der Waals surface area contributed by atoms with E-state index in [1.54, 1.807) is 14.2 Å². The van der Waals surface area contributed by atoms with Gasteiger partial charge in [-0.15, -0.1) is 0 Å². The molecule has 0 aromatic heterocycles. The highest BCUT2D eigenvalue weighted by molar-refractivity contribution is 5.91. The van der Waals surface area contributed by atoms with Gasteiger partial charge in [-0.05, 0) is 25.0 Å². The number of piperidine rings is 1. The van der Waals surface area contributed by atoms with Crippen LogP contribution >= 0.6 is 0 Å². The van der Waals surface area contributed by atoms with Gasteiger partial charge in [0.15, 0.2) is 0 Å². The number of ether oxygens (including phenoxy) is 2. The summed E-state index contributed by atoms with van der Waals surface area (Å²) < 4.78 is 11.2. The molecule has 2 N–H and O–H groups in total. The average molecular weight is 366 g/mol. The summed E-state index contributed by atoms with van der Waals surface area (Å²) in [7, 11) is 3.40. The number of hydrogen-bond acceptors (Lipinski definition) is 5. The Morgan fingerprint density at radius 3 is 1.78 bits per heavy atom. The molecule has 2 aromatic rings. The van der Waals surface area contributed by atoms with Crippen LogP contribution in [-0.4, -0.2) is 25.1 Å². The van der Waals surface area contributed by atoms with Crippen molar-refractivity contribution in [3.05, 3.63) is 59.7 Å². The minimum Gasteiger partial charge on any atom is -0.496 e. The number of benzene rings is 2. The Morgan fingerprint density at radius 1 is 0.852 bits per heavy atom. The second-order valence-corrected chi connectivity index (χ2v) is 7.27. The fraction of sp³-hybridized carbons (Fsp3) is 0.409. The van der Waals surface area contributed by atoms with Gasteiger partial charge in [0, 0.05) is 35.0 Å². The van der Waals surface area contributed by atoms with Crippen molar-refractivity contribution in [3.63, 3.8) is 0 Å². The van der Waals surface area contributed by atoms with Crippen LogP contribution < -0.4 is 14.8 Å². The first-order valence-electron chi connectivity index (χ1n) is 9.52. The van der Waals surface area contributed by atoms with E-state index in [-0.39, 0.29) is 23.9 Å². The van der Waals surface area contributed by atoms with Crippen molar-refractivity contribution in [2.75, 3.05) is 14.2 Å².